The maximum Gasteiger partial charge on any atom is 0.329 e. The third-order valence-electron chi connectivity index (χ3n) is 5.85. The predicted molar refractivity (Wildman–Crippen MR) is 101 cm³/mol. The van der Waals surface area contributed by atoms with Crippen LogP contribution < -0.4 is 15.4 Å². The minimum Gasteiger partial charge on any atom is -0.484 e. The molecule has 3 fully saturated rings. The van der Waals surface area contributed by atoms with Gasteiger partial charge in [-0.1, -0.05) is 11.6 Å². The summed E-state index contributed by atoms with van der Waals surface area (Å²) in [5.74, 6) is -0.690. The zero-order valence-corrected chi connectivity index (χ0v) is 17.2. The monoisotopic (exact) mass is 432 g/mol. The molecule has 7 nitrogen and oxygen atoms in total. The van der Waals surface area contributed by atoms with Gasteiger partial charge in [-0.25, -0.2) is 8.96 Å². The highest BCUT2D eigenvalue weighted by Crippen LogP contribution is 2.48. The summed E-state index contributed by atoms with van der Waals surface area (Å²) in [6.45, 7) is -0.365. The van der Waals surface area contributed by atoms with E-state index in [2.05, 4.69) is 10.6 Å². The van der Waals surface area contributed by atoms with Gasteiger partial charge in [0.2, 0.25) is 0 Å². The van der Waals surface area contributed by atoms with Crippen LogP contribution in [0.4, 0.5) is 4.39 Å². The summed E-state index contributed by atoms with van der Waals surface area (Å²) in [5.41, 5.74) is -0.558. The standard InChI is InChI=1S/C18H23ClFN2O5P/c1-21-17-4-6-18(7-5-17,15(9-17)26-11-27-28-24)22-16(23)10-25-12-2-3-13(19)14(20)8-12/h2-3,8,15,21H,4-7,9-11H2,1H3,(H,22,23). The van der Waals surface area contributed by atoms with Gasteiger partial charge < -0.3 is 20.1 Å². The van der Waals surface area contributed by atoms with Crippen LogP contribution in [-0.2, 0) is 18.6 Å². The SMILES string of the molecule is CNC12CCC(NC(=O)COc3ccc(Cl)c(F)c3)(CC1)C(OCOP=O)C2. The van der Waals surface area contributed by atoms with Gasteiger partial charge in [-0.15, -0.1) is 0 Å². The molecule has 3 aliphatic rings. The Hall–Kier alpha value is -1.31. The van der Waals surface area contributed by atoms with E-state index in [-0.39, 0.29) is 41.7 Å². The smallest absolute Gasteiger partial charge is 0.329 e. The van der Waals surface area contributed by atoms with Crippen molar-refractivity contribution in [2.75, 3.05) is 20.4 Å². The number of hydrogen-bond acceptors (Lipinski definition) is 6. The Morgan fingerprint density at radius 2 is 2.11 bits per heavy atom. The van der Waals surface area contributed by atoms with Crippen LogP contribution in [0.15, 0.2) is 18.2 Å². The van der Waals surface area contributed by atoms with Crippen LogP contribution in [0.1, 0.15) is 32.1 Å². The minimum atomic E-state index is -0.604. The molecule has 2 bridgehead atoms. The molecule has 154 valence electrons. The molecular weight excluding hydrogens is 410 g/mol. The summed E-state index contributed by atoms with van der Waals surface area (Å²) < 4.78 is 40.0. The molecule has 3 aliphatic carbocycles. The third kappa shape index (κ3) is 4.63. The lowest BCUT2D eigenvalue weighted by molar-refractivity contribution is -0.147. The molecule has 1 unspecified atom stereocenters. The van der Waals surface area contributed by atoms with E-state index in [0.29, 0.717) is 6.42 Å². The van der Waals surface area contributed by atoms with Crippen molar-refractivity contribution in [1.29, 1.82) is 0 Å². The topological polar surface area (TPSA) is 85.9 Å². The molecule has 0 aromatic heterocycles. The van der Waals surface area contributed by atoms with Crippen LogP contribution in [0.2, 0.25) is 5.02 Å². The average Bonchev–Trinajstić information content (AvgIpc) is 2.70. The number of ether oxygens (including phenoxy) is 2. The van der Waals surface area contributed by atoms with Gasteiger partial charge >= 0.3 is 8.69 Å². The Morgan fingerprint density at radius 1 is 1.36 bits per heavy atom. The highest BCUT2D eigenvalue weighted by molar-refractivity contribution is 7.17. The fourth-order valence-electron chi connectivity index (χ4n) is 4.19. The van der Waals surface area contributed by atoms with Crippen molar-refractivity contribution in [1.82, 2.24) is 10.6 Å². The Morgan fingerprint density at radius 3 is 2.75 bits per heavy atom. The lowest BCUT2D eigenvalue weighted by Crippen LogP contribution is -2.70. The summed E-state index contributed by atoms with van der Waals surface area (Å²) >= 11 is 5.65. The van der Waals surface area contributed by atoms with Crippen LogP contribution in [0, 0.1) is 5.82 Å². The van der Waals surface area contributed by atoms with Crippen LogP contribution in [0.25, 0.3) is 0 Å². The van der Waals surface area contributed by atoms with Crippen molar-refractivity contribution in [3.05, 3.63) is 29.0 Å². The highest BCUT2D eigenvalue weighted by atomic mass is 35.5. The Labute approximate surface area is 169 Å². The van der Waals surface area contributed by atoms with Gasteiger partial charge in [-0.2, -0.15) is 0 Å². The van der Waals surface area contributed by atoms with Crippen LogP contribution in [0.5, 0.6) is 5.75 Å². The van der Waals surface area contributed by atoms with Gasteiger partial charge in [0.15, 0.2) is 13.4 Å². The summed E-state index contributed by atoms with van der Waals surface area (Å²) in [4.78, 5) is 12.5. The van der Waals surface area contributed by atoms with E-state index >= 15 is 0 Å². The van der Waals surface area contributed by atoms with Crippen molar-refractivity contribution in [2.45, 2.75) is 49.3 Å². The second-order valence-corrected chi connectivity index (χ2v) is 8.09. The maximum atomic E-state index is 13.5. The van der Waals surface area contributed by atoms with Gasteiger partial charge in [0.05, 0.1) is 16.7 Å². The zero-order valence-electron chi connectivity index (χ0n) is 15.5. The molecule has 0 radical (unpaired) electrons. The maximum absolute atomic E-state index is 13.5. The molecule has 1 aromatic rings. The van der Waals surface area contributed by atoms with Crippen molar-refractivity contribution < 1.29 is 27.7 Å². The largest absolute Gasteiger partial charge is 0.484 e. The number of halogens is 2. The second kappa shape index (κ2) is 9.01. The van der Waals surface area contributed by atoms with Gasteiger partial charge in [0, 0.05) is 11.6 Å². The van der Waals surface area contributed by atoms with E-state index in [9.17, 15) is 13.8 Å². The second-order valence-electron chi connectivity index (χ2n) is 7.28. The number of amides is 1. The molecule has 0 aliphatic heterocycles. The first-order valence-electron chi connectivity index (χ1n) is 9.06. The third-order valence-corrected chi connectivity index (χ3v) is 6.36. The number of carbonyl (C=O) groups is 1. The van der Waals surface area contributed by atoms with Crippen LogP contribution in [-0.4, -0.2) is 43.5 Å². The van der Waals surface area contributed by atoms with E-state index in [4.69, 9.17) is 25.6 Å². The normalized spacial score (nSPS) is 29.0. The van der Waals surface area contributed by atoms with E-state index in [1.54, 1.807) is 0 Å². The molecule has 4 rings (SSSR count). The zero-order chi connectivity index (χ0) is 20.2. The molecule has 0 spiro atoms. The van der Waals surface area contributed by atoms with Crippen LogP contribution in [0.3, 0.4) is 0 Å². The Kier molecular flexibility index (Phi) is 6.89. The Balaban J connectivity index is 1.63. The summed E-state index contributed by atoms with van der Waals surface area (Å²) in [7, 11) is 1.48. The van der Waals surface area contributed by atoms with Gasteiger partial charge in [-0.3, -0.25) is 9.32 Å². The van der Waals surface area contributed by atoms with Crippen molar-refractivity contribution in [2.24, 2.45) is 0 Å². The summed E-state index contributed by atoms with van der Waals surface area (Å²) in [6.07, 6.45) is 3.75. The van der Waals surface area contributed by atoms with Crippen molar-refractivity contribution in [3.63, 3.8) is 0 Å². The van der Waals surface area contributed by atoms with E-state index < -0.39 is 20.0 Å². The fraction of sp³-hybridized carbons (Fsp3) is 0.611. The molecule has 1 amide bonds. The number of benzene rings is 1. The average molecular weight is 433 g/mol. The highest BCUT2D eigenvalue weighted by Gasteiger charge is 2.55. The van der Waals surface area contributed by atoms with Gasteiger partial charge in [0.1, 0.15) is 11.6 Å². The molecule has 1 atom stereocenters. The lowest BCUT2D eigenvalue weighted by Gasteiger charge is -2.57. The molecular formula is C18H23ClFN2O5P. The van der Waals surface area contributed by atoms with Crippen LogP contribution >= 0.6 is 20.3 Å². The molecule has 3 saturated carbocycles. The van der Waals surface area contributed by atoms with Gasteiger partial charge in [-0.05, 0) is 51.3 Å². The first-order chi connectivity index (χ1) is 13.4. The molecule has 1 aromatic carbocycles. The first kappa shape index (κ1) is 21.4. The quantitative estimate of drug-likeness (QED) is 0.354. The lowest BCUT2D eigenvalue weighted by atomic mass is 9.60. The summed E-state index contributed by atoms with van der Waals surface area (Å²) in [6, 6.07) is 4.02. The molecule has 0 saturated heterocycles. The fourth-order valence-corrected chi connectivity index (χ4v) is 4.41. The molecule has 10 heteroatoms. The number of carbonyl (C=O) groups excluding carboxylic acids is 1. The van der Waals surface area contributed by atoms with E-state index in [0.717, 1.165) is 31.7 Å². The van der Waals surface area contributed by atoms with E-state index in [1.165, 1.54) is 12.1 Å². The van der Waals surface area contributed by atoms with Crippen molar-refractivity contribution in [3.8, 4) is 5.75 Å². The number of hydrogen-bond donors (Lipinski definition) is 2. The molecule has 28 heavy (non-hydrogen) atoms. The first-order valence-corrected chi connectivity index (χ1v) is 10.2. The van der Waals surface area contributed by atoms with E-state index in [1.807, 2.05) is 7.05 Å². The molecule has 0 heterocycles. The minimum absolute atomic E-state index is 0.00667. The number of fused-ring (bicyclic) bond motifs is 3. The number of nitrogens with one attached hydrogen (secondary N) is 2. The Bertz CT molecular complexity index is 730. The summed E-state index contributed by atoms with van der Waals surface area (Å²) in [5, 5.41) is 6.44. The van der Waals surface area contributed by atoms with Crippen molar-refractivity contribution >= 4 is 26.2 Å². The molecule has 2 N–H and O–H groups in total. The predicted octanol–water partition coefficient (Wildman–Crippen LogP) is 3.21. The number of rotatable bonds is 9. The van der Waals surface area contributed by atoms with Gasteiger partial charge in [0.25, 0.3) is 5.91 Å².